The van der Waals surface area contributed by atoms with Crippen molar-refractivity contribution in [1.29, 1.82) is 5.26 Å². The lowest BCUT2D eigenvalue weighted by Gasteiger charge is -2.16. The molecule has 2 nitrogen and oxygen atoms in total. The second-order valence-electron chi connectivity index (χ2n) is 3.37. The largest absolute Gasteiger partial charge is 0.294 e. The Labute approximate surface area is 96.1 Å². The van der Waals surface area contributed by atoms with Crippen molar-refractivity contribution in [3.8, 4) is 6.07 Å². The van der Waals surface area contributed by atoms with Gasteiger partial charge < -0.3 is 0 Å². The van der Waals surface area contributed by atoms with Crippen LogP contribution in [0.3, 0.4) is 0 Å². The minimum absolute atomic E-state index is 0.182. The van der Waals surface area contributed by atoms with Gasteiger partial charge in [0.2, 0.25) is 0 Å². The molecule has 14 heavy (non-hydrogen) atoms. The Morgan fingerprint density at radius 2 is 2.14 bits per heavy atom. The van der Waals surface area contributed by atoms with Crippen LogP contribution in [0.25, 0.3) is 0 Å². The maximum Gasteiger partial charge on any atom is 0.163 e. The summed E-state index contributed by atoms with van der Waals surface area (Å²) in [7, 11) is 0. The first kappa shape index (κ1) is 9.66. The lowest BCUT2D eigenvalue weighted by atomic mass is 9.89. The third-order valence-corrected chi connectivity index (χ3v) is 3.42. The molecule has 0 N–H and O–H groups in total. The number of rotatable bonds is 0. The molecular weight excluding hydrogens is 289 g/mol. The summed E-state index contributed by atoms with van der Waals surface area (Å²) >= 11 is 2.20. The first-order chi connectivity index (χ1) is 6.72. The monoisotopic (exact) mass is 297 g/mol. The van der Waals surface area contributed by atoms with Crippen molar-refractivity contribution >= 4 is 28.4 Å². The topological polar surface area (TPSA) is 40.9 Å². The van der Waals surface area contributed by atoms with Crippen LogP contribution >= 0.6 is 22.6 Å². The minimum atomic E-state index is 0.182. The van der Waals surface area contributed by atoms with Crippen LogP contribution < -0.4 is 0 Å². The first-order valence-electron chi connectivity index (χ1n) is 4.48. The van der Waals surface area contributed by atoms with E-state index in [4.69, 9.17) is 5.26 Å². The highest BCUT2D eigenvalue weighted by Crippen LogP contribution is 2.26. The maximum atomic E-state index is 11.6. The van der Waals surface area contributed by atoms with Crippen molar-refractivity contribution in [2.45, 2.75) is 19.3 Å². The zero-order valence-electron chi connectivity index (χ0n) is 7.51. The molecule has 0 aromatic heterocycles. The zero-order valence-corrected chi connectivity index (χ0v) is 9.67. The Bertz CT molecular complexity index is 445. The molecule has 0 amide bonds. The zero-order chi connectivity index (χ0) is 10.1. The number of carbonyl (C=O) groups excluding carboxylic acids is 1. The van der Waals surface area contributed by atoms with Crippen LogP contribution in [-0.2, 0) is 6.42 Å². The van der Waals surface area contributed by atoms with Crippen molar-refractivity contribution in [3.05, 3.63) is 32.4 Å². The van der Waals surface area contributed by atoms with Gasteiger partial charge in [-0.2, -0.15) is 5.26 Å². The number of hydrogen-bond acceptors (Lipinski definition) is 2. The van der Waals surface area contributed by atoms with Crippen molar-refractivity contribution in [3.63, 3.8) is 0 Å². The maximum absolute atomic E-state index is 11.6. The van der Waals surface area contributed by atoms with E-state index in [1.165, 1.54) is 0 Å². The van der Waals surface area contributed by atoms with Gasteiger partial charge in [-0.3, -0.25) is 4.79 Å². The fourth-order valence-electron chi connectivity index (χ4n) is 1.76. The number of ketones is 1. The van der Waals surface area contributed by atoms with Crippen LogP contribution in [0.4, 0.5) is 0 Å². The Balaban J connectivity index is 2.64. The molecular formula is C11H8INO. The quantitative estimate of drug-likeness (QED) is 0.691. The second kappa shape index (κ2) is 3.70. The van der Waals surface area contributed by atoms with Crippen LogP contribution in [0.15, 0.2) is 12.1 Å². The van der Waals surface area contributed by atoms with Gasteiger partial charge in [-0.15, -0.1) is 0 Å². The number of Topliss-reactive ketones (excluding diaryl/α,β-unsaturated/α-hetero) is 1. The highest BCUT2D eigenvalue weighted by atomic mass is 127. The summed E-state index contributed by atoms with van der Waals surface area (Å²) in [6.45, 7) is 0. The molecule has 0 atom stereocenters. The molecule has 0 heterocycles. The molecule has 2 rings (SSSR count). The van der Waals surface area contributed by atoms with Gasteiger partial charge in [-0.1, -0.05) is 0 Å². The van der Waals surface area contributed by atoms with E-state index in [1.807, 2.05) is 6.07 Å². The molecule has 0 unspecified atom stereocenters. The van der Waals surface area contributed by atoms with E-state index < -0.39 is 0 Å². The molecule has 0 saturated heterocycles. The van der Waals surface area contributed by atoms with Crippen molar-refractivity contribution < 1.29 is 4.79 Å². The van der Waals surface area contributed by atoms with Crippen LogP contribution in [0, 0.1) is 14.9 Å². The third kappa shape index (κ3) is 1.55. The Hall–Kier alpha value is -0.890. The van der Waals surface area contributed by atoms with E-state index in [0.717, 1.165) is 27.5 Å². The van der Waals surface area contributed by atoms with Gasteiger partial charge in [0.25, 0.3) is 0 Å². The van der Waals surface area contributed by atoms with E-state index in [9.17, 15) is 4.79 Å². The fraction of sp³-hybridized carbons (Fsp3) is 0.273. The summed E-state index contributed by atoms with van der Waals surface area (Å²) in [5, 5.41) is 8.79. The van der Waals surface area contributed by atoms with Crippen molar-refractivity contribution in [2.24, 2.45) is 0 Å². The molecule has 0 radical (unpaired) electrons. The predicted molar refractivity (Wildman–Crippen MR) is 61.1 cm³/mol. The molecule has 1 aromatic carbocycles. The predicted octanol–water partition coefficient (Wildman–Crippen LogP) is 2.68. The number of nitriles is 1. The van der Waals surface area contributed by atoms with Crippen LogP contribution in [0.5, 0.6) is 0 Å². The van der Waals surface area contributed by atoms with E-state index in [0.29, 0.717) is 12.0 Å². The standard InChI is InChI=1S/C11H8INO/c12-10-5-7(6-13)4-9-8(10)2-1-3-11(9)14/h4-5H,1-3H2. The summed E-state index contributed by atoms with van der Waals surface area (Å²) in [5.41, 5.74) is 2.48. The normalized spacial score (nSPS) is 14.7. The van der Waals surface area contributed by atoms with Gasteiger partial charge in [-0.25, -0.2) is 0 Å². The van der Waals surface area contributed by atoms with Crippen LogP contribution in [0.2, 0.25) is 0 Å². The smallest absolute Gasteiger partial charge is 0.163 e. The van der Waals surface area contributed by atoms with E-state index in [1.54, 1.807) is 6.07 Å². The number of carbonyl (C=O) groups is 1. The summed E-state index contributed by atoms with van der Waals surface area (Å²) in [6, 6.07) is 5.65. The average molecular weight is 297 g/mol. The lowest BCUT2D eigenvalue weighted by molar-refractivity contribution is 0.0972. The third-order valence-electron chi connectivity index (χ3n) is 2.46. The van der Waals surface area contributed by atoms with Crippen LogP contribution in [-0.4, -0.2) is 5.78 Å². The van der Waals surface area contributed by atoms with E-state index in [2.05, 4.69) is 28.7 Å². The van der Waals surface area contributed by atoms with Gasteiger partial charge >= 0.3 is 0 Å². The lowest BCUT2D eigenvalue weighted by Crippen LogP contribution is -2.12. The molecule has 3 heteroatoms. The Morgan fingerprint density at radius 1 is 1.36 bits per heavy atom. The highest BCUT2D eigenvalue weighted by Gasteiger charge is 2.19. The average Bonchev–Trinajstić information content (AvgIpc) is 2.19. The summed E-state index contributed by atoms with van der Waals surface area (Å²) in [5.74, 6) is 0.182. The molecule has 1 aliphatic rings. The molecule has 70 valence electrons. The number of benzene rings is 1. The number of nitrogens with zero attached hydrogens (tertiary/aromatic N) is 1. The van der Waals surface area contributed by atoms with Gasteiger partial charge in [0, 0.05) is 15.6 Å². The molecule has 0 saturated carbocycles. The first-order valence-corrected chi connectivity index (χ1v) is 5.56. The van der Waals surface area contributed by atoms with Crippen molar-refractivity contribution in [1.82, 2.24) is 0 Å². The molecule has 0 aliphatic heterocycles. The molecule has 0 fully saturated rings. The van der Waals surface area contributed by atoms with Gasteiger partial charge in [0.05, 0.1) is 11.6 Å². The fourth-order valence-corrected chi connectivity index (χ4v) is 2.66. The minimum Gasteiger partial charge on any atom is -0.294 e. The molecule has 1 aliphatic carbocycles. The summed E-state index contributed by atoms with van der Waals surface area (Å²) in [6.07, 6.45) is 2.52. The number of hydrogen-bond donors (Lipinski definition) is 0. The Morgan fingerprint density at radius 3 is 2.86 bits per heavy atom. The Kier molecular flexibility index (Phi) is 2.55. The van der Waals surface area contributed by atoms with E-state index >= 15 is 0 Å². The van der Waals surface area contributed by atoms with E-state index in [-0.39, 0.29) is 5.78 Å². The van der Waals surface area contributed by atoms with Crippen molar-refractivity contribution in [2.75, 3.05) is 0 Å². The van der Waals surface area contributed by atoms with Gasteiger partial charge in [0.15, 0.2) is 5.78 Å². The molecule has 1 aromatic rings. The van der Waals surface area contributed by atoms with Gasteiger partial charge in [-0.05, 0) is 53.1 Å². The number of fused-ring (bicyclic) bond motifs is 1. The SMILES string of the molecule is N#Cc1cc(I)c2c(c1)C(=O)CCC2. The highest BCUT2D eigenvalue weighted by molar-refractivity contribution is 14.1. The summed E-state index contributed by atoms with van der Waals surface area (Å²) < 4.78 is 1.05. The van der Waals surface area contributed by atoms with Gasteiger partial charge in [0.1, 0.15) is 0 Å². The second-order valence-corrected chi connectivity index (χ2v) is 4.53. The number of halogens is 1. The molecule has 0 spiro atoms. The molecule has 0 bridgehead atoms. The van der Waals surface area contributed by atoms with Crippen LogP contribution in [0.1, 0.15) is 34.3 Å². The summed E-state index contributed by atoms with van der Waals surface area (Å²) in [4.78, 5) is 11.6.